The molecule has 1 nitrogen and oxygen atoms in total. The Bertz CT molecular complexity index is 272. The molecule has 0 aliphatic carbocycles. The third-order valence-electron chi connectivity index (χ3n) is 2.21. The van der Waals surface area contributed by atoms with Gasteiger partial charge in [-0.05, 0) is 48.4 Å². The number of nitrogens with one attached hydrogen (secondary N) is 1. The molecule has 1 N–H and O–H groups in total. The predicted octanol–water partition coefficient (Wildman–Crippen LogP) is 3.64. The highest BCUT2D eigenvalue weighted by atomic mass is 32.2. The van der Waals surface area contributed by atoms with E-state index >= 15 is 0 Å². The molecule has 0 unspecified atom stereocenters. The van der Waals surface area contributed by atoms with E-state index in [-0.39, 0.29) is 0 Å². The Balaban J connectivity index is 2.21. The predicted molar refractivity (Wildman–Crippen MR) is 77.5 cm³/mol. The molecule has 0 aliphatic rings. The summed E-state index contributed by atoms with van der Waals surface area (Å²) >= 11 is 3.99. The fourth-order valence-corrected chi connectivity index (χ4v) is 3.08. The fraction of sp³-hybridized carbons (Fsp3) is 0.538. The summed E-state index contributed by atoms with van der Waals surface area (Å²) < 4.78 is 0. The van der Waals surface area contributed by atoms with Crippen molar-refractivity contribution in [1.82, 2.24) is 5.32 Å². The van der Waals surface area contributed by atoms with Crippen LogP contribution in [-0.2, 0) is 6.54 Å². The van der Waals surface area contributed by atoms with Gasteiger partial charge in [-0.2, -0.15) is 11.8 Å². The van der Waals surface area contributed by atoms with E-state index in [0.717, 1.165) is 6.54 Å². The van der Waals surface area contributed by atoms with Crippen molar-refractivity contribution < 1.29 is 0 Å². The molecule has 0 bridgehead atoms. The highest BCUT2D eigenvalue weighted by molar-refractivity contribution is 8.00. The van der Waals surface area contributed by atoms with Crippen molar-refractivity contribution in [2.75, 3.05) is 24.3 Å². The van der Waals surface area contributed by atoms with Crippen molar-refractivity contribution in [2.24, 2.45) is 0 Å². The summed E-state index contributed by atoms with van der Waals surface area (Å²) in [5.74, 6) is 3.77. The maximum Gasteiger partial charge on any atom is 0.0202 e. The van der Waals surface area contributed by atoms with E-state index in [1.165, 1.54) is 34.1 Å². The molecule has 0 aromatic heterocycles. The zero-order valence-electron chi connectivity index (χ0n) is 10.2. The average molecular weight is 255 g/mol. The normalized spacial score (nSPS) is 10.6. The molecule has 0 radical (unpaired) electrons. The molecule has 0 heterocycles. The third-order valence-corrected chi connectivity index (χ3v) is 4.29. The van der Waals surface area contributed by atoms with Gasteiger partial charge in [0.15, 0.2) is 0 Å². The van der Waals surface area contributed by atoms with Gasteiger partial charge in [0.25, 0.3) is 0 Å². The minimum absolute atomic E-state index is 0.956. The van der Waals surface area contributed by atoms with Crippen LogP contribution in [0.4, 0.5) is 0 Å². The molecule has 0 aliphatic heterocycles. The lowest BCUT2D eigenvalue weighted by atomic mass is 10.2. The van der Waals surface area contributed by atoms with Crippen molar-refractivity contribution in [1.29, 1.82) is 0 Å². The Morgan fingerprint density at radius 3 is 2.50 bits per heavy atom. The second-order valence-corrected chi connectivity index (χ2v) is 6.14. The molecule has 0 spiro atoms. The second-order valence-electron chi connectivity index (χ2n) is 3.57. The van der Waals surface area contributed by atoms with Gasteiger partial charge in [0, 0.05) is 11.4 Å². The summed E-state index contributed by atoms with van der Waals surface area (Å²) in [5.41, 5.74) is 1.35. The topological polar surface area (TPSA) is 12.0 Å². The highest BCUT2D eigenvalue weighted by Crippen LogP contribution is 2.20. The van der Waals surface area contributed by atoms with Crippen molar-refractivity contribution in [3.63, 3.8) is 0 Å². The quantitative estimate of drug-likeness (QED) is 0.562. The van der Waals surface area contributed by atoms with Crippen molar-refractivity contribution >= 4 is 23.5 Å². The van der Waals surface area contributed by atoms with Gasteiger partial charge in [-0.15, -0.1) is 11.8 Å². The van der Waals surface area contributed by atoms with Gasteiger partial charge >= 0.3 is 0 Å². The van der Waals surface area contributed by atoms with E-state index in [1.807, 2.05) is 30.6 Å². The van der Waals surface area contributed by atoms with Crippen LogP contribution >= 0.6 is 23.5 Å². The lowest BCUT2D eigenvalue weighted by molar-refractivity contribution is 0.817. The molecule has 90 valence electrons. The summed E-state index contributed by atoms with van der Waals surface area (Å²) in [4.78, 5) is 1.39. The van der Waals surface area contributed by atoms with Gasteiger partial charge in [-0.3, -0.25) is 0 Å². The van der Waals surface area contributed by atoms with Crippen LogP contribution in [0.15, 0.2) is 29.2 Å². The molecule has 1 rings (SSSR count). The number of hydrogen-bond donors (Lipinski definition) is 1. The molecule has 0 atom stereocenters. The fourth-order valence-electron chi connectivity index (χ4n) is 1.40. The van der Waals surface area contributed by atoms with Crippen LogP contribution in [0.3, 0.4) is 0 Å². The minimum atomic E-state index is 0.956. The molecule has 0 amide bonds. The molecule has 0 fully saturated rings. The van der Waals surface area contributed by atoms with E-state index in [0.29, 0.717) is 0 Å². The zero-order chi connectivity index (χ0) is 11.6. The largest absolute Gasteiger partial charge is 0.316 e. The first kappa shape index (κ1) is 13.9. The Morgan fingerprint density at radius 1 is 1.12 bits per heavy atom. The molecular weight excluding hydrogens is 234 g/mol. The van der Waals surface area contributed by atoms with Gasteiger partial charge in [-0.1, -0.05) is 19.1 Å². The molecular formula is C13H21NS2. The van der Waals surface area contributed by atoms with Crippen LogP contribution in [0, 0.1) is 0 Å². The lowest BCUT2D eigenvalue weighted by Crippen LogP contribution is -2.04. The van der Waals surface area contributed by atoms with Gasteiger partial charge in [0.1, 0.15) is 0 Å². The average Bonchev–Trinajstić information content (AvgIpc) is 2.31. The first-order valence-corrected chi connectivity index (χ1v) is 7.95. The van der Waals surface area contributed by atoms with Crippen molar-refractivity contribution in [3.8, 4) is 0 Å². The summed E-state index contributed by atoms with van der Waals surface area (Å²) in [6.45, 7) is 3.18. The number of hydrogen-bond acceptors (Lipinski definition) is 3. The summed E-state index contributed by atoms with van der Waals surface area (Å²) in [7, 11) is 1.98. The standard InChI is InChI=1S/C13H21NS2/c1-3-15-9-4-10-16-13-7-5-12(6-8-13)11-14-2/h5-8,14H,3-4,9-11H2,1-2H3. The minimum Gasteiger partial charge on any atom is -0.316 e. The van der Waals surface area contributed by atoms with Crippen molar-refractivity contribution in [2.45, 2.75) is 24.8 Å². The smallest absolute Gasteiger partial charge is 0.0202 e. The summed E-state index contributed by atoms with van der Waals surface area (Å²) in [6.07, 6.45) is 1.31. The lowest BCUT2D eigenvalue weighted by Gasteiger charge is -2.03. The zero-order valence-corrected chi connectivity index (χ0v) is 11.8. The van der Waals surface area contributed by atoms with Crippen LogP contribution in [0.5, 0.6) is 0 Å². The molecule has 1 aromatic rings. The molecule has 3 heteroatoms. The van der Waals surface area contributed by atoms with Crippen LogP contribution in [0.25, 0.3) is 0 Å². The Hall–Kier alpha value is -0.120. The number of rotatable bonds is 8. The van der Waals surface area contributed by atoms with Gasteiger partial charge in [0.2, 0.25) is 0 Å². The molecule has 0 saturated heterocycles. The van der Waals surface area contributed by atoms with Crippen LogP contribution in [-0.4, -0.2) is 24.3 Å². The van der Waals surface area contributed by atoms with Gasteiger partial charge in [-0.25, -0.2) is 0 Å². The van der Waals surface area contributed by atoms with E-state index in [2.05, 4.69) is 36.5 Å². The van der Waals surface area contributed by atoms with E-state index in [4.69, 9.17) is 0 Å². The van der Waals surface area contributed by atoms with E-state index in [9.17, 15) is 0 Å². The summed E-state index contributed by atoms with van der Waals surface area (Å²) in [6, 6.07) is 8.87. The SMILES string of the molecule is CCSCCCSc1ccc(CNC)cc1. The Morgan fingerprint density at radius 2 is 1.88 bits per heavy atom. The van der Waals surface area contributed by atoms with Crippen LogP contribution in [0.1, 0.15) is 18.9 Å². The first-order valence-electron chi connectivity index (χ1n) is 5.81. The Labute approximate surface area is 108 Å². The highest BCUT2D eigenvalue weighted by Gasteiger charge is 1.95. The van der Waals surface area contributed by atoms with E-state index < -0.39 is 0 Å². The summed E-state index contributed by atoms with van der Waals surface area (Å²) in [5, 5.41) is 3.16. The van der Waals surface area contributed by atoms with Crippen LogP contribution in [0.2, 0.25) is 0 Å². The van der Waals surface area contributed by atoms with Gasteiger partial charge < -0.3 is 5.32 Å². The number of benzene rings is 1. The maximum atomic E-state index is 3.16. The number of thioether (sulfide) groups is 2. The maximum absolute atomic E-state index is 3.16. The molecule has 16 heavy (non-hydrogen) atoms. The second kappa shape index (κ2) is 8.97. The first-order chi connectivity index (χ1) is 7.86. The van der Waals surface area contributed by atoms with Crippen LogP contribution < -0.4 is 5.32 Å². The monoisotopic (exact) mass is 255 g/mol. The van der Waals surface area contributed by atoms with Gasteiger partial charge in [0.05, 0.1) is 0 Å². The van der Waals surface area contributed by atoms with E-state index in [1.54, 1.807) is 0 Å². The molecule has 0 saturated carbocycles. The van der Waals surface area contributed by atoms with Crippen molar-refractivity contribution in [3.05, 3.63) is 29.8 Å². The third kappa shape index (κ3) is 5.83. The molecule has 1 aromatic carbocycles. The Kier molecular flexibility index (Phi) is 7.81.